The van der Waals surface area contributed by atoms with E-state index in [1.165, 1.54) is 33.7 Å². The third-order valence-electron chi connectivity index (χ3n) is 1.38. The molecule has 0 saturated carbocycles. The van der Waals surface area contributed by atoms with Crippen LogP contribution in [0.4, 0.5) is 5.69 Å². The number of aliphatic hydroxyl groups is 1. The zero-order valence-corrected chi connectivity index (χ0v) is 8.88. The van der Waals surface area contributed by atoms with Crippen LogP contribution in [0.3, 0.4) is 0 Å². The van der Waals surface area contributed by atoms with Crippen molar-refractivity contribution in [3.63, 3.8) is 0 Å². The predicted octanol–water partition coefficient (Wildman–Crippen LogP) is 2.33. The van der Waals surface area contributed by atoms with E-state index in [4.69, 9.17) is 5.11 Å². The minimum absolute atomic E-state index is 0.0986. The van der Waals surface area contributed by atoms with Gasteiger partial charge in [0.1, 0.15) is 0 Å². The van der Waals surface area contributed by atoms with E-state index in [0.717, 1.165) is 4.90 Å². The molecule has 0 aromatic heterocycles. The Morgan fingerprint density at radius 3 is 2.50 bits per heavy atom. The Morgan fingerprint density at radius 2 is 2.00 bits per heavy atom. The summed E-state index contributed by atoms with van der Waals surface area (Å²) in [6, 6.07) is 6.35. The molecule has 0 bridgehead atoms. The lowest BCUT2D eigenvalue weighted by molar-refractivity contribution is -0.384. The van der Waals surface area contributed by atoms with Crippen molar-refractivity contribution in [1.29, 1.82) is 0 Å². The molecule has 0 saturated heterocycles. The summed E-state index contributed by atoms with van der Waals surface area (Å²) in [5.41, 5.74) is 0.0986. The van der Waals surface area contributed by atoms with Gasteiger partial charge in [-0.25, -0.2) is 0 Å². The van der Waals surface area contributed by atoms with Gasteiger partial charge >= 0.3 is 0 Å². The van der Waals surface area contributed by atoms with Crippen LogP contribution >= 0.6 is 21.6 Å². The van der Waals surface area contributed by atoms with Gasteiger partial charge in [-0.2, -0.15) is 0 Å². The number of hydrogen-bond donors (Lipinski definition) is 1. The average Bonchev–Trinajstić information content (AvgIpc) is 2.19. The standard InChI is InChI=1S/C8H9NO3S2/c10-5-6-13-14-8-3-1-7(2-4-8)9(11)12/h1-4,10H,5-6H2. The molecule has 0 atom stereocenters. The fourth-order valence-corrected chi connectivity index (χ4v) is 2.53. The molecule has 4 nitrogen and oxygen atoms in total. The van der Waals surface area contributed by atoms with Gasteiger partial charge < -0.3 is 5.11 Å². The van der Waals surface area contributed by atoms with Gasteiger partial charge in [-0.05, 0) is 12.1 Å². The highest BCUT2D eigenvalue weighted by Crippen LogP contribution is 2.31. The molecule has 1 aromatic carbocycles. The summed E-state index contributed by atoms with van der Waals surface area (Å²) in [6.45, 7) is 0.144. The SMILES string of the molecule is O=[N+]([O-])c1ccc(SSCCO)cc1. The predicted molar refractivity (Wildman–Crippen MR) is 58.5 cm³/mol. The van der Waals surface area contributed by atoms with E-state index in [1.54, 1.807) is 12.1 Å². The third-order valence-corrected chi connectivity index (χ3v) is 3.74. The van der Waals surface area contributed by atoms with Gasteiger partial charge in [-0.3, -0.25) is 10.1 Å². The van der Waals surface area contributed by atoms with E-state index < -0.39 is 4.92 Å². The van der Waals surface area contributed by atoms with Gasteiger partial charge in [-0.15, -0.1) is 0 Å². The maximum Gasteiger partial charge on any atom is 0.269 e. The molecule has 0 aliphatic rings. The molecule has 1 aromatic rings. The van der Waals surface area contributed by atoms with Crippen LogP contribution in [0.15, 0.2) is 29.2 Å². The topological polar surface area (TPSA) is 63.4 Å². The van der Waals surface area contributed by atoms with Crippen molar-refractivity contribution in [2.75, 3.05) is 12.4 Å². The summed E-state index contributed by atoms with van der Waals surface area (Å²) in [5, 5.41) is 18.9. The van der Waals surface area contributed by atoms with Gasteiger partial charge in [0.15, 0.2) is 0 Å². The van der Waals surface area contributed by atoms with Crippen LogP contribution in [-0.4, -0.2) is 22.4 Å². The molecule has 1 rings (SSSR count). The lowest BCUT2D eigenvalue weighted by Gasteiger charge is -1.98. The Bertz CT molecular complexity index is 302. The Hall–Kier alpha value is -0.720. The Kier molecular flexibility index (Phi) is 4.78. The molecular weight excluding hydrogens is 222 g/mol. The zero-order valence-electron chi connectivity index (χ0n) is 7.25. The number of rotatable bonds is 5. The van der Waals surface area contributed by atoms with E-state index in [0.29, 0.717) is 5.75 Å². The van der Waals surface area contributed by atoms with Crippen molar-refractivity contribution in [3.8, 4) is 0 Å². The number of hydrogen-bond acceptors (Lipinski definition) is 5. The van der Waals surface area contributed by atoms with Gasteiger partial charge in [0, 0.05) is 22.8 Å². The average molecular weight is 231 g/mol. The second-order valence-corrected chi connectivity index (χ2v) is 4.87. The molecule has 0 amide bonds. The maximum atomic E-state index is 10.3. The van der Waals surface area contributed by atoms with E-state index in [2.05, 4.69) is 0 Å². The van der Waals surface area contributed by atoms with Crippen LogP contribution in [0.5, 0.6) is 0 Å². The minimum atomic E-state index is -0.421. The molecular formula is C8H9NO3S2. The number of nitro benzene ring substituents is 1. The normalized spacial score (nSPS) is 10.1. The van der Waals surface area contributed by atoms with Crippen LogP contribution in [0.1, 0.15) is 0 Å². The van der Waals surface area contributed by atoms with Crippen molar-refractivity contribution >= 4 is 27.3 Å². The van der Waals surface area contributed by atoms with Crippen LogP contribution in [0.25, 0.3) is 0 Å². The lowest BCUT2D eigenvalue weighted by atomic mass is 10.3. The summed E-state index contributed by atoms with van der Waals surface area (Å²) in [7, 11) is 3.02. The molecule has 0 unspecified atom stereocenters. The van der Waals surface area contributed by atoms with Crippen LogP contribution in [0.2, 0.25) is 0 Å². The zero-order chi connectivity index (χ0) is 10.4. The quantitative estimate of drug-likeness (QED) is 0.364. The van der Waals surface area contributed by atoms with Crippen LogP contribution < -0.4 is 0 Å². The first-order chi connectivity index (χ1) is 6.74. The second kappa shape index (κ2) is 5.90. The van der Waals surface area contributed by atoms with Crippen molar-refractivity contribution in [2.45, 2.75) is 4.90 Å². The fraction of sp³-hybridized carbons (Fsp3) is 0.250. The molecule has 14 heavy (non-hydrogen) atoms. The van der Waals surface area contributed by atoms with Gasteiger partial charge in [0.05, 0.1) is 11.5 Å². The van der Waals surface area contributed by atoms with Crippen molar-refractivity contribution in [3.05, 3.63) is 34.4 Å². The molecule has 76 valence electrons. The number of benzene rings is 1. The smallest absolute Gasteiger partial charge is 0.269 e. The van der Waals surface area contributed by atoms with E-state index >= 15 is 0 Å². The molecule has 0 fully saturated rings. The number of aliphatic hydroxyl groups excluding tert-OH is 1. The Morgan fingerprint density at radius 1 is 1.36 bits per heavy atom. The highest BCUT2D eigenvalue weighted by atomic mass is 33.1. The number of nitro groups is 1. The first-order valence-corrected chi connectivity index (χ1v) is 6.20. The van der Waals surface area contributed by atoms with Gasteiger partial charge in [0.25, 0.3) is 5.69 Å². The molecule has 0 radical (unpaired) electrons. The minimum Gasteiger partial charge on any atom is -0.395 e. The summed E-state index contributed by atoms with van der Waals surface area (Å²) in [5.74, 6) is 0.654. The number of nitrogens with zero attached hydrogens (tertiary/aromatic N) is 1. The van der Waals surface area contributed by atoms with E-state index in [-0.39, 0.29) is 12.3 Å². The second-order valence-electron chi connectivity index (χ2n) is 2.38. The van der Waals surface area contributed by atoms with Crippen LogP contribution in [-0.2, 0) is 0 Å². The van der Waals surface area contributed by atoms with Crippen molar-refractivity contribution < 1.29 is 10.0 Å². The molecule has 0 spiro atoms. The van der Waals surface area contributed by atoms with Crippen molar-refractivity contribution in [1.82, 2.24) is 0 Å². The molecule has 1 N–H and O–H groups in total. The third kappa shape index (κ3) is 3.57. The fourth-order valence-electron chi connectivity index (χ4n) is 0.770. The highest BCUT2D eigenvalue weighted by Gasteiger charge is 2.03. The molecule has 0 heterocycles. The van der Waals surface area contributed by atoms with E-state index in [1.807, 2.05) is 0 Å². The largest absolute Gasteiger partial charge is 0.395 e. The summed E-state index contributed by atoms with van der Waals surface area (Å²) in [6.07, 6.45) is 0. The van der Waals surface area contributed by atoms with Gasteiger partial charge in [-0.1, -0.05) is 21.6 Å². The summed E-state index contributed by atoms with van der Waals surface area (Å²) in [4.78, 5) is 10.9. The van der Waals surface area contributed by atoms with Gasteiger partial charge in [0.2, 0.25) is 0 Å². The monoisotopic (exact) mass is 231 g/mol. The molecule has 6 heteroatoms. The van der Waals surface area contributed by atoms with Crippen LogP contribution in [0, 0.1) is 10.1 Å². The summed E-state index contributed by atoms with van der Waals surface area (Å²) >= 11 is 0. The summed E-state index contributed by atoms with van der Waals surface area (Å²) < 4.78 is 0. The first kappa shape index (κ1) is 11.4. The van der Waals surface area contributed by atoms with E-state index in [9.17, 15) is 10.1 Å². The first-order valence-electron chi connectivity index (χ1n) is 3.89. The number of non-ortho nitro benzene ring substituents is 1. The molecule has 0 aliphatic heterocycles. The Labute approximate surface area is 89.3 Å². The lowest BCUT2D eigenvalue weighted by Crippen LogP contribution is -1.86. The van der Waals surface area contributed by atoms with Crippen molar-refractivity contribution in [2.24, 2.45) is 0 Å². The maximum absolute atomic E-state index is 10.3. The highest BCUT2D eigenvalue weighted by molar-refractivity contribution is 8.76. The Balaban J connectivity index is 2.51. The molecule has 0 aliphatic carbocycles.